The molecule has 1 rings (SSSR count). The van der Waals surface area contributed by atoms with Crippen LogP contribution in [-0.4, -0.2) is 0 Å². The summed E-state index contributed by atoms with van der Waals surface area (Å²) in [5.41, 5.74) is 0. The predicted octanol–water partition coefficient (Wildman–Crippen LogP) is 7.25. The van der Waals surface area contributed by atoms with Crippen LogP contribution in [0.25, 0.3) is 0 Å². The van der Waals surface area contributed by atoms with E-state index in [2.05, 4.69) is 37.3 Å². The Labute approximate surface area is 137 Å². The monoisotopic (exact) mass is 302 g/mol. The normalized spacial score (nSPS) is 11.9. The van der Waals surface area contributed by atoms with Gasteiger partial charge in [-0.1, -0.05) is 63.3 Å². The molecule has 0 aliphatic carbocycles. The van der Waals surface area contributed by atoms with Crippen molar-refractivity contribution in [2.45, 2.75) is 84.0 Å². The lowest BCUT2D eigenvalue weighted by atomic mass is 10.1. The number of hydrogen-bond donors (Lipinski definition) is 0. The van der Waals surface area contributed by atoms with Gasteiger partial charge in [0.05, 0.1) is 6.26 Å². The molecule has 1 nitrogen and oxygen atoms in total. The molecule has 1 aromatic rings. The molecule has 0 radical (unpaired) electrons. The summed E-state index contributed by atoms with van der Waals surface area (Å²) in [4.78, 5) is 0. The minimum atomic E-state index is 1.09. The lowest BCUT2D eigenvalue weighted by Crippen LogP contribution is -1.83. The van der Waals surface area contributed by atoms with E-state index in [-0.39, 0.29) is 0 Å². The van der Waals surface area contributed by atoms with E-state index in [0.29, 0.717) is 0 Å². The molecule has 0 fully saturated rings. The lowest BCUT2D eigenvalue weighted by molar-refractivity contribution is 0.492. The molecule has 0 atom stereocenters. The highest BCUT2D eigenvalue weighted by Gasteiger charge is 1.95. The highest BCUT2D eigenvalue weighted by Crippen LogP contribution is 2.10. The topological polar surface area (TPSA) is 13.1 Å². The molecule has 1 heterocycles. The molecule has 0 bridgehead atoms. The first kappa shape index (κ1) is 18.8. The molecule has 0 aliphatic heterocycles. The highest BCUT2D eigenvalue weighted by atomic mass is 16.3. The van der Waals surface area contributed by atoms with Crippen molar-refractivity contribution in [3.05, 3.63) is 48.5 Å². The van der Waals surface area contributed by atoms with Crippen LogP contribution in [0.2, 0.25) is 0 Å². The number of unbranched alkanes of at least 4 members (excludes halogenated alkanes) is 8. The number of allylic oxidation sites excluding steroid dienone is 4. The van der Waals surface area contributed by atoms with Crippen LogP contribution in [0.5, 0.6) is 0 Å². The second kappa shape index (κ2) is 14.7. The maximum atomic E-state index is 5.34. The van der Waals surface area contributed by atoms with Crippen molar-refractivity contribution < 1.29 is 4.42 Å². The summed E-state index contributed by atoms with van der Waals surface area (Å²) in [6.07, 6.45) is 26.4. The lowest BCUT2D eigenvalue weighted by Gasteiger charge is -1.99. The first-order chi connectivity index (χ1) is 10.9. The van der Waals surface area contributed by atoms with Gasteiger partial charge in [-0.05, 0) is 50.7 Å². The second-order valence-electron chi connectivity index (χ2n) is 6.06. The van der Waals surface area contributed by atoms with Gasteiger partial charge in [0.2, 0.25) is 0 Å². The van der Waals surface area contributed by atoms with Gasteiger partial charge in [-0.25, -0.2) is 0 Å². The Kier molecular flexibility index (Phi) is 12.6. The van der Waals surface area contributed by atoms with Crippen molar-refractivity contribution in [3.63, 3.8) is 0 Å². The van der Waals surface area contributed by atoms with Crippen LogP contribution in [0.3, 0.4) is 0 Å². The van der Waals surface area contributed by atoms with Crippen molar-refractivity contribution in [1.29, 1.82) is 0 Å². The quantitative estimate of drug-likeness (QED) is 0.260. The van der Waals surface area contributed by atoms with Gasteiger partial charge in [0.15, 0.2) is 0 Å². The summed E-state index contributed by atoms with van der Waals surface area (Å²) in [5, 5.41) is 0. The van der Waals surface area contributed by atoms with E-state index in [0.717, 1.165) is 18.6 Å². The van der Waals surface area contributed by atoms with E-state index in [9.17, 15) is 0 Å². The molecule has 124 valence electrons. The molecule has 0 aliphatic rings. The van der Waals surface area contributed by atoms with Gasteiger partial charge in [-0.2, -0.15) is 0 Å². The summed E-state index contributed by atoms with van der Waals surface area (Å²) in [7, 11) is 0. The number of furan rings is 1. The third-order valence-electron chi connectivity index (χ3n) is 3.95. The van der Waals surface area contributed by atoms with E-state index >= 15 is 0 Å². The SMILES string of the molecule is CCCCC/C=C\C/C=C\CCCCCCCc1ccco1. The number of aryl methyl sites for hydroxylation is 1. The maximum Gasteiger partial charge on any atom is 0.103 e. The van der Waals surface area contributed by atoms with Crippen molar-refractivity contribution in [2.75, 3.05) is 0 Å². The van der Waals surface area contributed by atoms with Gasteiger partial charge in [-0.15, -0.1) is 0 Å². The van der Waals surface area contributed by atoms with E-state index in [1.54, 1.807) is 6.26 Å². The Hall–Kier alpha value is -1.24. The van der Waals surface area contributed by atoms with Gasteiger partial charge in [0.1, 0.15) is 5.76 Å². The Morgan fingerprint density at radius 3 is 2.18 bits per heavy atom. The van der Waals surface area contributed by atoms with Crippen LogP contribution >= 0.6 is 0 Å². The minimum absolute atomic E-state index is 1.09. The van der Waals surface area contributed by atoms with Gasteiger partial charge in [-0.3, -0.25) is 0 Å². The van der Waals surface area contributed by atoms with Crippen LogP contribution in [0, 0.1) is 0 Å². The average Bonchev–Trinajstić information content (AvgIpc) is 3.04. The Morgan fingerprint density at radius 1 is 0.818 bits per heavy atom. The zero-order valence-electron chi connectivity index (χ0n) is 14.4. The van der Waals surface area contributed by atoms with Gasteiger partial charge >= 0.3 is 0 Å². The van der Waals surface area contributed by atoms with Crippen molar-refractivity contribution in [2.24, 2.45) is 0 Å². The van der Waals surface area contributed by atoms with E-state index < -0.39 is 0 Å². The Bertz CT molecular complexity index is 373. The third kappa shape index (κ3) is 11.4. The average molecular weight is 303 g/mol. The van der Waals surface area contributed by atoms with Crippen LogP contribution in [0.4, 0.5) is 0 Å². The molecule has 1 heteroatoms. The zero-order valence-corrected chi connectivity index (χ0v) is 14.4. The fourth-order valence-corrected chi connectivity index (χ4v) is 2.57. The summed E-state index contributed by atoms with van der Waals surface area (Å²) in [5.74, 6) is 1.13. The molecule has 0 unspecified atom stereocenters. The molecule has 0 saturated carbocycles. The highest BCUT2D eigenvalue weighted by molar-refractivity contribution is 4.97. The molecular formula is C21H34O. The van der Waals surface area contributed by atoms with E-state index in [1.807, 2.05) is 6.07 Å². The van der Waals surface area contributed by atoms with Crippen LogP contribution in [-0.2, 0) is 6.42 Å². The van der Waals surface area contributed by atoms with E-state index in [1.165, 1.54) is 64.2 Å². The Balaban J connectivity index is 1.79. The largest absolute Gasteiger partial charge is 0.469 e. The zero-order chi connectivity index (χ0) is 15.7. The molecule has 0 aromatic carbocycles. The fourth-order valence-electron chi connectivity index (χ4n) is 2.57. The molecule has 0 amide bonds. The van der Waals surface area contributed by atoms with Gasteiger partial charge < -0.3 is 4.42 Å². The fraction of sp³-hybridized carbons (Fsp3) is 0.619. The molecular weight excluding hydrogens is 268 g/mol. The molecule has 0 saturated heterocycles. The van der Waals surface area contributed by atoms with Crippen LogP contribution in [0.15, 0.2) is 47.1 Å². The predicted molar refractivity (Wildman–Crippen MR) is 97.2 cm³/mol. The maximum absolute atomic E-state index is 5.34. The number of rotatable bonds is 14. The summed E-state index contributed by atoms with van der Waals surface area (Å²) >= 11 is 0. The van der Waals surface area contributed by atoms with Crippen molar-refractivity contribution in [1.82, 2.24) is 0 Å². The first-order valence-corrected chi connectivity index (χ1v) is 9.26. The smallest absolute Gasteiger partial charge is 0.103 e. The summed E-state index contributed by atoms with van der Waals surface area (Å²) in [6, 6.07) is 4.05. The van der Waals surface area contributed by atoms with Gasteiger partial charge in [0, 0.05) is 6.42 Å². The summed E-state index contributed by atoms with van der Waals surface area (Å²) < 4.78 is 5.34. The third-order valence-corrected chi connectivity index (χ3v) is 3.95. The van der Waals surface area contributed by atoms with Crippen LogP contribution < -0.4 is 0 Å². The second-order valence-corrected chi connectivity index (χ2v) is 6.06. The molecule has 0 spiro atoms. The minimum Gasteiger partial charge on any atom is -0.469 e. The summed E-state index contributed by atoms with van der Waals surface area (Å²) in [6.45, 7) is 2.26. The molecule has 22 heavy (non-hydrogen) atoms. The van der Waals surface area contributed by atoms with E-state index in [4.69, 9.17) is 4.42 Å². The molecule has 1 aromatic heterocycles. The standard InChI is InChI=1S/C21H34O/c1-2-3-4-5-6-7-8-9-10-11-12-13-14-15-16-18-21-19-17-20-22-21/h6-7,9-10,17,19-20H,2-5,8,11-16,18H2,1H3/b7-6-,10-9-. The van der Waals surface area contributed by atoms with Crippen molar-refractivity contribution >= 4 is 0 Å². The first-order valence-electron chi connectivity index (χ1n) is 9.26. The molecule has 0 N–H and O–H groups in total. The Morgan fingerprint density at radius 2 is 1.50 bits per heavy atom. The van der Waals surface area contributed by atoms with Gasteiger partial charge in [0.25, 0.3) is 0 Å². The van der Waals surface area contributed by atoms with Crippen molar-refractivity contribution in [3.8, 4) is 0 Å². The van der Waals surface area contributed by atoms with Crippen LogP contribution in [0.1, 0.15) is 83.3 Å². The number of hydrogen-bond acceptors (Lipinski definition) is 1.